The molecule has 0 fully saturated rings. The lowest BCUT2D eigenvalue weighted by atomic mass is 10.1. The first-order valence-electron chi connectivity index (χ1n) is 6.65. The summed E-state index contributed by atoms with van der Waals surface area (Å²) in [4.78, 5) is 22.6. The first kappa shape index (κ1) is 16.8. The van der Waals surface area contributed by atoms with Gasteiger partial charge in [0.25, 0.3) is 0 Å². The summed E-state index contributed by atoms with van der Waals surface area (Å²) in [7, 11) is 0. The zero-order chi connectivity index (χ0) is 17.2. The van der Waals surface area contributed by atoms with Crippen LogP contribution in [-0.2, 0) is 4.74 Å². The van der Waals surface area contributed by atoms with E-state index in [-0.39, 0.29) is 11.5 Å². The second-order valence-corrected chi connectivity index (χ2v) is 6.11. The predicted octanol–water partition coefficient (Wildman–Crippen LogP) is 4.04. The number of anilines is 1. The molecule has 0 saturated carbocycles. The maximum absolute atomic E-state index is 11.8. The Labute approximate surface area is 137 Å². The maximum atomic E-state index is 11.8. The van der Waals surface area contributed by atoms with Crippen LogP contribution in [0.1, 0.15) is 31.3 Å². The number of carboxylic acid groups (broad SMARTS) is 1. The van der Waals surface area contributed by atoms with Crippen LogP contribution in [0, 0.1) is 0 Å². The Hall–Kier alpha value is -2.54. The van der Waals surface area contributed by atoms with Gasteiger partial charge in [0.15, 0.2) is 11.5 Å². The molecule has 2 N–H and O–H groups in total. The molecule has 1 heterocycles. The van der Waals surface area contributed by atoms with Crippen molar-refractivity contribution in [1.29, 1.82) is 0 Å². The van der Waals surface area contributed by atoms with E-state index in [0.717, 1.165) is 0 Å². The Bertz CT molecular complexity index is 749. The highest BCUT2D eigenvalue weighted by Crippen LogP contribution is 2.31. The van der Waals surface area contributed by atoms with Crippen molar-refractivity contribution in [2.75, 3.05) is 5.32 Å². The fourth-order valence-corrected chi connectivity index (χ4v) is 1.93. The standard InChI is InChI=1S/C15H15ClN2O5/c1-15(2,3)22-14(21)17-8-4-5-10(16)9(6-8)12-7-11(13(19)20)18-23-12/h4-7H,1-3H3,(H,17,21)(H,19,20). The quantitative estimate of drug-likeness (QED) is 0.875. The van der Waals surface area contributed by atoms with Gasteiger partial charge in [0.2, 0.25) is 0 Å². The van der Waals surface area contributed by atoms with E-state index in [2.05, 4.69) is 10.5 Å². The molecule has 1 aromatic carbocycles. The van der Waals surface area contributed by atoms with Gasteiger partial charge in [-0.05, 0) is 39.0 Å². The molecule has 2 aromatic rings. The van der Waals surface area contributed by atoms with Gasteiger partial charge < -0.3 is 14.4 Å². The van der Waals surface area contributed by atoms with Crippen LogP contribution < -0.4 is 5.32 Å². The minimum absolute atomic E-state index is 0.181. The molecule has 0 radical (unpaired) electrons. The number of amides is 1. The van der Waals surface area contributed by atoms with E-state index in [4.69, 9.17) is 26.0 Å². The van der Waals surface area contributed by atoms with Gasteiger partial charge in [0.05, 0.1) is 5.02 Å². The molecular formula is C15H15ClN2O5. The summed E-state index contributed by atoms with van der Waals surface area (Å²) < 4.78 is 10.1. The van der Waals surface area contributed by atoms with E-state index in [9.17, 15) is 9.59 Å². The van der Waals surface area contributed by atoms with E-state index in [1.54, 1.807) is 39.0 Å². The van der Waals surface area contributed by atoms with Gasteiger partial charge in [-0.3, -0.25) is 5.32 Å². The van der Waals surface area contributed by atoms with Crippen molar-refractivity contribution in [2.45, 2.75) is 26.4 Å². The van der Waals surface area contributed by atoms with Crippen LogP contribution in [0.5, 0.6) is 0 Å². The van der Waals surface area contributed by atoms with Crippen LogP contribution in [0.2, 0.25) is 5.02 Å². The van der Waals surface area contributed by atoms with Gasteiger partial charge in [-0.25, -0.2) is 9.59 Å². The number of nitrogens with zero attached hydrogens (tertiary/aromatic N) is 1. The Morgan fingerprint density at radius 1 is 1.30 bits per heavy atom. The first-order valence-corrected chi connectivity index (χ1v) is 7.03. The largest absolute Gasteiger partial charge is 0.476 e. The molecule has 0 aliphatic heterocycles. The lowest BCUT2D eigenvalue weighted by Gasteiger charge is -2.19. The third kappa shape index (κ3) is 4.46. The van der Waals surface area contributed by atoms with E-state index >= 15 is 0 Å². The smallest absolute Gasteiger partial charge is 0.412 e. The van der Waals surface area contributed by atoms with Gasteiger partial charge in [-0.15, -0.1) is 0 Å². The van der Waals surface area contributed by atoms with Crippen LogP contribution in [-0.4, -0.2) is 27.9 Å². The molecule has 0 bridgehead atoms. The number of carboxylic acids is 1. The second kappa shape index (κ2) is 6.29. The minimum atomic E-state index is -1.21. The van der Waals surface area contributed by atoms with Crippen molar-refractivity contribution in [3.05, 3.63) is 35.0 Å². The van der Waals surface area contributed by atoms with Crippen LogP contribution >= 0.6 is 11.6 Å². The summed E-state index contributed by atoms with van der Waals surface area (Å²) in [6, 6.07) is 5.93. The van der Waals surface area contributed by atoms with Crippen molar-refractivity contribution >= 4 is 29.4 Å². The molecule has 0 atom stereocenters. The van der Waals surface area contributed by atoms with E-state index in [0.29, 0.717) is 16.3 Å². The Morgan fingerprint density at radius 2 is 2.00 bits per heavy atom. The first-order chi connectivity index (χ1) is 10.7. The Morgan fingerprint density at radius 3 is 2.57 bits per heavy atom. The topological polar surface area (TPSA) is 102 Å². The van der Waals surface area contributed by atoms with Crippen LogP contribution in [0.15, 0.2) is 28.8 Å². The van der Waals surface area contributed by atoms with Crippen LogP contribution in [0.25, 0.3) is 11.3 Å². The van der Waals surface area contributed by atoms with E-state index in [1.165, 1.54) is 6.07 Å². The molecular weight excluding hydrogens is 324 g/mol. The summed E-state index contributed by atoms with van der Waals surface area (Å²) in [5.74, 6) is -1.03. The minimum Gasteiger partial charge on any atom is -0.476 e. The fourth-order valence-electron chi connectivity index (χ4n) is 1.72. The van der Waals surface area contributed by atoms with Gasteiger partial charge in [-0.2, -0.15) is 0 Å². The molecule has 0 aliphatic carbocycles. The van der Waals surface area contributed by atoms with Crippen molar-refractivity contribution in [2.24, 2.45) is 0 Å². The number of halogens is 1. The Kier molecular flexibility index (Phi) is 4.60. The number of rotatable bonds is 3. The summed E-state index contributed by atoms with van der Waals surface area (Å²) in [6.45, 7) is 5.26. The predicted molar refractivity (Wildman–Crippen MR) is 83.8 cm³/mol. The van der Waals surface area contributed by atoms with Gasteiger partial charge >= 0.3 is 12.1 Å². The second-order valence-electron chi connectivity index (χ2n) is 5.70. The molecule has 2 rings (SSSR count). The zero-order valence-corrected chi connectivity index (χ0v) is 13.5. The molecule has 8 heteroatoms. The molecule has 1 aromatic heterocycles. The number of aromatic nitrogens is 1. The summed E-state index contributed by atoms with van der Waals surface area (Å²) in [6.07, 6.45) is -0.616. The average Bonchev–Trinajstić information content (AvgIpc) is 2.88. The third-order valence-corrected chi connectivity index (χ3v) is 2.94. The maximum Gasteiger partial charge on any atom is 0.412 e. The highest BCUT2D eigenvalue weighted by atomic mass is 35.5. The number of hydrogen-bond acceptors (Lipinski definition) is 5. The molecule has 23 heavy (non-hydrogen) atoms. The number of carbonyl (C=O) groups excluding carboxylic acids is 1. The zero-order valence-electron chi connectivity index (χ0n) is 12.7. The van der Waals surface area contributed by atoms with Crippen molar-refractivity contribution in [1.82, 2.24) is 5.16 Å². The lowest BCUT2D eigenvalue weighted by molar-refractivity contribution is 0.0633. The van der Waals surface area contributed by atoms with Gasteiger partial charge in [0, 0.05) is 17.3 Å². The van der Waals surface area contributed by atoms with E-state index in [1.807, 2.05) is 0 Å². The molecule has 1 amide bonds. The Balaban J connectivity index is 2.25. The SMILES string of the molecule is CC(C)(C)OC(=O)Nc1ccc(Cl)c(-c2cc(C(=O)O)no2)c1. The van der Waals surface area contributed by atoms with Crippen molar-refractivity contribution in [3.8, 4) is 11.3 Å². The van der Waals surface area contributed by atoms with Crippen molar-refractivity contribution < 1.29 is 24.0 Å². The normalized spacial score (nSPS) is 11.1. The number of benzene rings is 1. The van der Waals surface area contributed by atoms with Crippen LogP contribution in [0.3, 0.4) is 0 Å². The average molecular weight is 339 g/mol. The number of carbonyl (C=O) groups is 2. The van der Waals surface area contributed by atoms with Gasteiger partial charge in [0.1, 0.15) is 5.60 Å². The molecule has 0 saturated heterocycles. The highest BCUT2D eigenvalue weighted by Gasteiger charge is 2.18. The molecule has 122 valence electrons. The van der Waals surface area contributed by atoms with Gasteiger partial charge in [-0.1, -0.05) is 16.8 Å². The summed E-state index contributed by atoms with van der Waals surface area (Å²) in [5.41, 5.74) is -0.0329. The van der Waals surface area contributed by atoms with E-state index < -0.39 is 17.7 Å². The van der Waals surface area contributed by atoms with Crippen LogP contribution in [0.4, 0.5) is 10.5 Å². The molecule has 7 nitrogen and oxygen atoms in total. The van der Waals surface area contributed by atoms with Crippen molar-refractivity contribution in [3.63, 3.8) is 0 Å². The molecule has 0 aliphatic rings. The summed E-state index contributed by atoms with van der Waals surface area (Å²) >= 11 is 6.08. The third-order valence-electron chi connectivity index (χ3n) is 2.61. The number of nitrogens with one attached hydrogen (secondary N) is 1. The summed E-state index contributed by atoms with van der Waals surface area (Å²) in [5, 5.41) is 15.2. The number of aromatic carboxylic acids is 1. The molecule has 0 unspecified atom stereocenters. The number of hydrogen-bond donors (Lipinski definition) is 2. The fraction of sp³-hybridized carbons (Fsp3) is 0.267. The molecule has 0 spiro atoms. The lowest BCUT2D eigenvalue weighted by Crippen LogP contribution is -2.27. The number of ether oxygens (including phenoxy) is 1. The monoisotopic (exact) mass is 338 g/mol. The highest BCUT2D eigenvalue weighted by molar-refractivity contribution is 6.33.